The summed E-state index contributed by atoms with van der Waals surface area (Å²) in [6.45, 7) is 4.19. The highest BCUT2D eigenvalue weighted by atomic mass is 32.2. The van der Waals surface area contributed by atoms with Crippen molar-refractivity contribution >= 4 is 49.8 Å². The van der Waals surface area contributed by atoms with Crippen LogP contribution in [0.25, 0.3) is 32.2 Å². The normalized spacial score (nSPS) is 12.7. The Labute approximate surface area is 181 Å². The van der Waals surface area contributed by atoms with Gasteiger partial charge in [-0.2, -0.15) is 4.18 Å². The lowest BCUT2D eigenvalue weighted by Crippen LogP contribution is -2.10. The van der Waals surface area contributed by atoms with E-state index in [4.69, 9.17) is 19.9 Å². The van der Waals surface area contributed by atoms with Crippen molar-refractivity contribution in [3.63, 3.8) is 0 Å². The molecule has 0 radical (unpaired) electrons. The Hall–Kier alpha value is -1.94. The van der Waals surface area contributed by atoms with Crippen LogP contribution in [0, 0.1) is 6.92 Å². The van der Waals surface area contributed by atoms with Crippen molar-refractivity contribution in [3.05, 3.63) is 29.7 Å². The molecule has 4 heterocycles. The Kier molecular flexibility index (Phi) is 5.91. The van der Waals surface area contributed by atoms with Crippen LogP contribution in [0.5, 0.6) is 0 Å². The highest BCUT2D eigenvalue weighted by Crippen LogP contribution is 2.44. The molecule has 152 valence electrons. The number of thiophene rings is 1. The van der Waals surface area contributed by atoms with Gasteiger partial charge in [-0.25, -0.2) is 15.0 Å². The topological polar surface area (TPSA) is 78.9 Å². The quantitative estimate of drug-likeness (QED) is 0.402. The maximum Gasteiger partial charge on any atom is 0.269 e. The Morgan fingerprint density at radius 1 is 1.28 bits per heavy atom. The summed E-state index contributed by atoms with van der Waals surface area (Å²) in [4.78, 5) is 15.0. The van der Waals surface area contributed by atoms with Crippen LogP contribution in [0.15, 0.2) is 28.0 Å². The number of nitrogen functional groups attached to an aromatic ring is 1. The van der Waals surface area contributed by atoms with Crippen LogP contribution in [-0.4, -0.2) is 32.4 Å². The minimum atomic E-state index is -0.331. The molecule has 0 fully saturated rings. The molecule has 4 rings (SSSR count). The molecule has 0 spiro atoms. The van der Waals surface area contributed by atoms with E-state index in [1.807, 2.05) is 30.1 Å². The highest BCUT2D eigenvalue weighted by Gasteiger charge is 2.32. The Morgan fingerprint density at radius 2 is 2.10 bits per heavy atom. The molecule has 0 bridgehead atoms. The van der Waals surface area contributed by atoms with Gasteiger partial charge in [0.2, 0.25) is 0 Å². The van der Waals surface area contributed by atoms with Crippen LogP contribution in [-0.2, 0) is 22.4 Å². The smallest absolute Gasteiger partial charge is 0.269 e. The van der Waals surface area contributed by atoms with Gasteiger partial charge >= 0.3 is 0 Å². The number of rotatable bonds is 7. The maximum absolute atomic E-state index is 6.69. The Balaban J connectivity index is 1.95. The third-order valence-corrected chi connectivity index (χ3v) is 8.98. The van der Waals surface area contributed by atoms with Crippen molar-refractivity contribution in [2.45, 2.75) is 30.9 Å². The number of imidazole rings is 1. The fourth-order valence-electron chi connectivity index (χ4n) is 3.15. The summed E-state index contributed by atoms with van der Waals surface area (Å²) in [5.74, 6) is 1.93. The predicted molar refractivity (Wildman–Crippen MR) is 124 cm³/mol. The Morgan fingerprint density at radius 3 is 2.72 bits per heavy atom. The molecule has 0 saturated carbocycles. The van der Waals surface area contributed by atoms with E-state index in [1.165, 1.54) is 0 Å². The molecular weight excluding hydrogens is 422 g/mol. The molecule has 0 aliphatic heterocycles. The van der Waals surface area contributed by atoms with E-state index >= 15 is 0 Å². The van der Waals surface area contributed by atoms with Gasteiger partial charge in [0.05, 0.1) is 12.8 Å². The zero-order chi connectivity index (χ0) is 20.5. The van der Waals surface area contributed by atoms with Gasteiger partial charge in [0.1, 0.15) is 32.8 Å². The van der Waals surface area contributed by atoms with Crippen molar-refractivity contribution < 1.29 is 4.18 Å². The van der Waals surface area contributed by atoms with Crippen molar-refractivity contribution in [3.8, 4) is 22.0 Å². The second kappa shape index (κ2) is 8.43. The number of nitrogens with zero attached hydrogens (tertiary/aromatic N) is 4. The maximum atomic E-state index is 6.69. The molecule has 0 aliphatic carbocycles. The van der Waals surface area contributed by atoms with Crippen LogP contribution in [0.3, 0.4) is 0 Å². The third-order valence-electron chi connectivity index (χ3n) is 4.79. The summed E-state index contributed by atoms with van der Waals surface area (Å²) < 4.78 is 8.92. The minimum Gasteiger partial charge on any atom is -0.393 e. The number of nitrogens with two attached hydrogens (primary N) is 1. The van der Waals surface area contributed by atoms with E-state index in [0.29, 0.717) is 0 Å². The lowest BCUT2D eigenvalue weighted by molar-refractivity contribution is 0.472. The summed E-state index contributed by atoms with van der Waals surface area (Å²) in [5.41, 5.74) is 10.2. The van der Waals surface area contributed by atoms with Crippen molar-refractivity contribution in [2.24, 2.45) is 7.05 Å². The van der Waals surface area contributed by atoms with Crippen LogP contribution < -0.4 is 5.73 Å². The van der Waals surface area contributed by atoms with Gasteiger partial charge in [0.15, 0.2) is 11.2 Å². The summed E-state index contributed by atoms with van der Waals surface area (Å²) >= 11 is 2.88. The SMILES string of the molecule is CCCC[S+](OC)c1sc2nc(-c3nccs3)cc(-c3cn(C)c(C)n3)c2c1N. The molecule has 1 unspecified atom stereocenters. The van der Waals surface area contributed by atoms with E-state index in [9.17, 15) is 0 Å². The number of anilines is 1. The first-order valence-corrected chi connectivity index (χ1v) is 12.4. The van der Waals surface area contributed by atoms with Crippen molar-refractivity contribution in [2.75, 3.05) is 18.6 Å². The first-order chi connectivity index (χ1) is 14.0. The number of pyridine rings is 1. The number of aromatic nitrogens is 4. The van der Waals surface area contributed by atoms with Crippen LogP contribution >= 0.6 is 22.7 Å². The summed E-state index contributed by atoms with van der Waals surface area (Å²) in [6, 6.07) is 2.06. The lowest BCUT2D eigenvalue weighted by Gasteiger charge is -2.05. The predicted octanol–water partition coefficient (Wildman–Crippen LogP) is 5.05. The molecule has 29 heavy (non-hydrogen) atoms. The largest absolute Gasteiger partial charge is 0.393 e. The van der Waals surface area contributed by atoms with E-state index in [1.54, 1.807) is 36.0 Å². The third kappa shape index (κ3) is 3.79. The monoisotopic (exact) mass is 446 g/mol. The second-order valence-electron chi connectivity index (χ2n) is 6.73. The lowest BCUT2D eigenvalue weighted by atomic mass is 10.1. The molecule has 4 aromatic rings. The fourth-order valence-corrected chi connectivity index (χ4v) is 7.06. The van der Waals surface area contributed by atoms with E-state index in [-0.39, 0.29) is 11.2 Å². The van der Waals surface area contributed by atoms with Gasteiger partial charge < -0.3 is 10.3 Å². The molecule has 9 heteroatoms. The van der Waals surface area contributed by atoms with E-state index in [2.05, 4.69) is 18.0 Å². The van der Waals surface area contributed by atoms with Gasteiger partial charge in [-0.3, -0.25) is 0 Å². The zero-order valence-corrected chi connectivity index (χ0v) is 19.4. The number of unbranched alkanes of at least 4 members (excludes halogenated alkanes) is 1. The Bertz CT molecular complexity index is 1110. The first-order valence-electron chi connectivity index (χ1n) is 9.42. The molecule has 0 saturated heterocycles. The van der Waals surface area contributed by atoms with Gasteiger partial charge in [-0.15, -0.1) is 11.3 Å². The van der Waals surface area contributed by atoms with Crippen LogP contribution in [0.1, 0.15) is 25.6 Å². The number of hydrogen-bond donors (Lipinski definition) is 1. The van der Waals surface area contributed by atoms with E-state index < -0.39 is 0 Å². The second-order valence-corrected chi connectivity index (χ2v) is 10.7. The molecule has 1 atom stereocenters. The standard InChI is InChI=1S/C20H24N5OS3/c1-5-6-9-29(26-4)20-17(21)16-13(15-11-25(3)12(2)23-15)10-14(24-19(16)28-20)18-22-7-8-27-18/h7-8,10-11H,5-6,9,21H2,1-4H3/q+1. The summed E-state index contributed by atoms with van der Waals surface area (Å²) in [5, 5.41) is 3.83. The molecule has 0 amide bonds. The first kappa shape index (κ1) is 20.3. The summed E-state index contributed by atoms with van der Waals surface area (Å²) in [6.07, 6.45) is 6.08. The van der Waals surface area contributed by atoms with Crippen molar-refractivity contribution in [1.29, 1.82) is 0 Å². The minimum absolute atomic E-state index is 0.331. The average molecular weight is 447 g/mol. The van der Waals surface area contributed by atoms with Gasteiger partial charge in [0, 0.05) is 35.8 Å². The fraction of sp³-hybridized carbons (Fsp3) is 0.350. The number of thiazole rings is 1. The molecule has 4 aromatic heterocycles. The summed E-state index contributed by atoms with van der Waals surface area (Å²) in [7, 11) is 3.77. The zero-order valence-electron chi connectivity index (χ0n) is 16.9. The van der Waals surface area contributed by atoms with Gasteiger partial charge in [-0.05, 0) is 19.4 Å². The van der Waals surface area contributed by atoms with Crippen LogP contribution in [0.2, 0.25) is 0 Å². The molecule has 2 N–H and O–H groups in total. The van der Waals surface area contributed by atoms with Crippen LogP contribution in [0.4, 0.5) is 5.69 Å². The molecule has 0 aliphatic rings. The van der Waals surface area contributed by atoms with Gasteiger partial charge in [0.25, 0.3) is 4.21 Å². The average Bonchev–Trinajstić information content (AvgIpc) is 3.43. The number of hydrogen-bond acceptors (Lipinski definition) is 7. The molecule has 6 nitrogen and oxygen atoms in total. The molecular formula is C20H24N5OS3+. The van der Waals surface area contributed by atoms with Gasteiger partial charge in [-0.1, -0.05) is 24.7 Å². The number of aryl methyl sites for hydroxylation is 2. The number of fused-ring (bicyclic) bond motifs is 1. The molecule has 0 aromatic carbocycles. The van der Waals surface area contributed by atoms with E-state index in [0.717, 1.165) is 66.5 Å². The van der Waals surface area contributed by atoms with Crippen molar-refractivity contribution in [1.82, 2.24) is 19.5 Å². The highest BCUT2D eigenvalue weighted by molar-refractivity contribution is 7.94.